The largest absolute Gasteiger partial charge is 0.327 e. The number of carbonyl (C=O) groups excluding carboxylic acids is 1. The van der Waals surface area contributed by atoms with Crippen molar-refractivity contribution in [1.82, 2.24) is 5.32 Å². The molecule has 4 heteroatoms. The fourth-order valence-corrected chi connectivity index (χ4v) is 1.73. The first kappa shape index (κ1) is 12.2. The molecule has 1 rings (SSSR count). The molecule has 1 aliphatic rings. The Balaban J connectivity index is 2.51. The van der Waals surface area contributed by atoms with Gasteiger partial charge in [0.05, 0.1) is 0 Å². The van der Waals surface area contributed by atoms with E-state index in [9.17, 15) is 4.79 Å². The van der Waals surface area contributed by atoms with Gasteiger partial charge < -0.3 is 11.1 Å². The summed E-state index contributed by atoms with van der Waals surface area (Å²) in [6.07, 6.45) is 1.61. The van der Waals surface area contributed by atoms with Crippen molar-refractivity contribution in [3.05, 3.63) is 0 Å². The molecule has 0 saturated heterocycles. The molecule has 0 saturated carbocycles. The molecule has 0 spiro atoms. The van der Waals surface area contributed by atoms with E-state index in [1.807, 2.05) is 13.8 Å². The number of amides is 1. The molecule has 15 heavy (non-hydrogen) atoms. The normalized spacial score (nSPS) is 21.5. The molecular formula is C11H21N3O. The van der Waals surface area contributed by atoms with E-state index in [1.54, 1.807) is 0 Å². The van der Waals surface area contributed by atoms with Gasteiger partial charge in [0, 0.05) is 12.5 Å². The lowest BCUT2D eigenvalue weighted by Gasteiger charge is -2.13. The first-order valence-corrected chi connectivity index (χ1v) is 5.47. The fraction of sp³-hybridized carbons (Fsp3) is 0.818. The number of aliphatic imine (C=N–C) groups is 1. The van der Waals surface area contributed by atoms with Crippen molar-refractivity contribution in [3.8, 4) is 0 Å². The summed E-state index contributed by atoms with van der Waals surface area (Å²) in [5.74, 6) is 1.28. The molecule has 1 atom stereocenters. The Hall–Kier alpha value is -0.900. The van der Waals surface area contributed by atoms with Crippen LogP contribution >= 0.6 is 0 Å². The zero-order valence-corrected chi connectivity index (χ0v) is 10.0. The minimum Gasteiger partial charge on any atom is -0.327 e. The summed E-state index contributed by atoms with van der Waals surface area (Å²) < 4.78 is 0. The van der Waals surface area contributed by atoms with Gasteiger partial charge in [-0.05, 0) is 26.2 Å². The van der Waals surface area contributed by atoms with Gasteiger partial charge in [-0.3, -0.25) is 9.79 Å². The fourth-order valence-electron chi connectivity index (χ4n) is 1.73. The Labute approximate surface area is 91.3 Å². The molecule has 1 amide bonds. The molecule has 0 aromatic heterocycles. The van der Waals surface area contributed by atoms with E-state index in [1.165, 1.54) is 0 Å². The average molecular weight is 211 g/mol. The van der Waals surface area contributed by atoms with E-state index in [0.717, 1.165) is 12.3 Å². The smallest absolute Gasteiger partial charge is 0.252 e. The third-order valence-electron chi connectivity index (χ3n) is 2.46. The summed E-state index contributed by atoms with van der Waals surface area (Å²) in [4.78, 5) is 15.8. The summed E-state index contributed by atoms with van der Waals surface area (Å²) in [5.41, 5.74) is 5.34. The maximum Gasteiger partial charge on any atom is 0.252 e. The van der Waals surface area contributed by atoms with Crippen LogP contribution in [0.1, 0.15) is 40.5 Å². The van der Waals surface area contributed by atoms with Gasteiger partial charge in [-0.2, -0.15) is 0 Å². The average Bonchev–Trinajstić information content (AvgIpc) is 2.22. The van der Waals surface area contributed by atoms with Crippen LogP contribution in [-0.2, 0) is 4.79 Å². The summed E-state index contributed by atoms with van der Waals surface area (Å²) in [5, 5.41) is 2.78. The van der Waals surface area contributed by atoms with Gasteiger partial charge in [-0.15, -0.1) is 0 Å². The first-order valence-electron chi connectivity index (χ1n) is 5.47. The highest BCUT2D eigenvalue weighted by atomic mass is 16.2. The monoisotopic (exact) mass is 211 g/mol. The number of amidine groups is 1. The minimum absolute atomic E-state index is 0.0331. The number of carbonyl (C=O) groups is 1. The van der Waals surface area contributed by atoms with E-state index in [4.69, 9.17) is 5.73 Å². The molecule has 0 aromatic rings. The molecule has 0 radical (unpaired) electrons. The molecule has 0 bridgehead atoms. The molecule has 0 aromatic carbocycles. The number of nitrogens with one attached hydrogen (secondary N) is 1. The second-order valence-corrected chi connectivity index (χ2v) is 5.17. The van der Waals surface area contributed by atoms with Crippen molar-refractivity contribution in [2.24, 2.45) is 16.6 Å². The van der Waals surface area contributed by atoms with Crippen molar-refractivity contribution in [1.29, 1.82) is 0 Å². The number of rotatable bonds is 4. The molecule has 1 unspecified atom stereocenters. The van der Waals surface area contributed by atoms with E-state index < -0.39 is 5.54 Å². The highest BCUT2D eigenvalue weighted by Gasteiger charge is 2.34. The van der Waals surface area contributed by atoms with E-state index in [-0.39, 0.29) is 11.9 Å². The third-order valence-corrected chi connectivity index (χ3v) is 2.46. The van der Waals surface area contributed by atoms with Crippen molar-refractivity contribution in [2.45, 2.75) is 52.1 Å². The van der Waals surface area contributed by atoms with Crippen LogP contribution in [0.25, 0.3) is 0 Å². The van der Waals surface area contributed by atoms with Crippen LogP contribution in [0.4, 0.5) is 0 Å². The molecule has 1 heterocycles. The highest BCUT2D eigenvalue weighted by molar-refractivity contribution is 6.07. The van der Waals surface area contributed by atoms with Crippen LogP contribution in [0.5, 0.6) is 0 Å². The predicted molar refractivity (Wildman–Crippen MR) is 61.7 cm³/mol. The molecule has 0 aliphatic carbocycles. The quantitative estimate of drug-likeness (QED) is 0.730. The molecule has 3 N–H and O–H groups in total. The third kappa shape index (κ3) is 3.30. The van der Waals surface area contributed by atoms with Crippen molar-refractivity contribution < 1.29 is 4.79 Å². The van der Waals surface area contributed by atoms with Crippen LogP contribution in [0.2, 0.25) is 0 Å². The lowest BCUT2D eigenvalue weighted by molar-refractivity contribution is -0.122. The molecule has 86 valence electrons. The van der Waals surface area contributed by atoms with Crippen molar-refractivity contribution in [2.75, 3.05) is 0 Å². The van der Waals surface area contributed by atoms with Crippen LogP contribution in [0, 0.1) is 5.92 Å². The van der Waals surface area contributed by atoms with Gasteiger partial charge in [-0.1, -0.05) is 13.8 Å². The summed E-state index contributed by atoms with van der Waals surface area (Å²) in [6.45, 7) is 7.89. The van der Waals surface area contributed by atoms with E-state index in [0.29, 0.717) is 12.3 Å². The highest BCUT2D eigenvalue weighted by Crippen LogP contribution is 2.17. The lowest BCUT2D eigenvalue weighted by atomic mass is 10.0. The van der Waals surface area contributed by atoms with Crippen molar-refractivity contribution in [3.63, 3.8) is 0 Å². The van der Waals surface area contributed by atoms with Crippen LogP contribution in [-0.4, -0.2) is 23.3 Å². The van der Waals surface area contributed by atoms with Crippen LogP contribution < -0.4 is 11.1 Å². The number of nitrogens with two attached hydrogens (primary N) is 1. The van der Waals surface area contributed by atoms with E-state index in [2.05, 4.69) is 24.2 Å². The molecule has 1 aliphatic heterocycles. The lowest BCUT2D eigenvalue weighted by Crippen LogP contribution is -2.36. The Morgan fingerprint density at radius 2 is 2.07 bits per heavy atom. The summed E-state index contributed by atoms with van der Waals surface area (Å²) >= 11 is 0. The number of hydrogen-bond acceptors (Lipinski definition) is 3. The Morgan fingerprint density at radius 1 is 1.47 bits per heavy atom. The maximum atomic E-state index is 11.4. The second-order valence-electron chi connectivity index (χ2n) is 5.17. The van der Waals surface area contributed by atoms with Gasteiger partial charge in [0.2, 0.25) is 0 Å². The second kappa shape index (κ2) is 4.31. The van der Waals surface area contributed by atoms with Gasteiger partial charge in [-0.25, -0.2) is 0 Å². The Morgan fingerprint density at radius 3 is 2.47 bits per heavy atom. The first-order chi connectivity index (χ1) is 6.81. The van der Waals surface area contributed by atoms with Gasteiger partial charge in [0.25, 0.3) is 5.91 Å². The summed E-state index contributed by atoms with van der Waals surface area (Å²) in [7, 11) is 0. The topological polar surface area (TPSA) is 67.5 Å². The van der Waals surface area contributed by atoms with Crippen molar-refractivity contribution >= 4 is 11.7 Å². The Kier molecular flexibility index (Phi) is 3.50. The maximum absolute atomic E-state index is 11.4. The zero-order valence-electron chi connectivity index (χ0n) is 10.0. The van der Waals surface area contributed by atoms with Gasteiger partial charge in [0.15, 0.2) is 0 Å². The Bertz CT molecular complexity index is 282. The molecule has 0 fully saturated rings. The van der Waals surface area contributed by atoms with Gasteiger partial charge >= 0.3 is 0 Å². The number of nitrogens with zero attached hydrogens (tertiary/aromatic N) is 1. The standard InChI is InChI=1S/C11H21N3O/c1-7(2)5-8(12)6-9-13-10(15)11(3,4)14-9/h7-8H,5-6,12H2,1-4H3,(H,13,14,15). The zero-order chi connectivity index (χ0) is 11.6. The SMILES string of the molecule is CC(C)CC(N)CC1=NC(C)(C)C(=O)N1. The van der Waals surface area contributed by atoms with E-state index >= 15 is 0 Å². The number of hydrogen-bond donors (Lipinski definition) is 2. The van der Waals surface area contributed by atoms with Crippen LogP contribution in [0.3, 0.4) is 0 Å². The minimum atomic E-state index is -0.618. The van der Waals surface area contributed by atoms with Gasteiger partial charge in [0.1, 0.15) is 11.4 Å². The summed E-state index contributed by atoms with van der Waals surface area (Å²) in [6, 6.07) is 0.0814. The molecular weight excluding hydrogens is 190 g/mol. The predicted octanol–water partition coefficient (Wildman–Crippen LogP) is 1.06. The molecule has 4 nitrogen and oxygen atoms in total. The van der Waals surface area contributed by atoms with Crippen LogP contribution in [0.15, 0.2) is 4.99 Å².